The van der Waals surface area contributed by atoms with Gasteiger partial charge in [0.05, 0.1) is 6.26 Å². The second kappa shape index (κ2) is 8.00. The Morgan fingerprint density at radius 3 is 3.09 bits per heavy atom. The lowest BCUT2D eigenvalue weighted by atomic mass is 9.96. The molecule has 2 aromatic rings. The van der Waals surface area contributed by atoms with Crippen LogP contribution >= 0.6 is 12.4 Å². The normalized spacial score (nSPS) is 17.7. The predicted molar refractivity (Wildman–Crippen MR) is 84.0 cm³/mol. The maximum absolute atomic E-state index is 12.0. The highest BCUT2D eigenvalue weighted by Crippen LogP contribution is 2.20. The van der Waals surface area contributed by atoms with Crippen molar-refractivity contribution >= 4 is 18.3 Å². The van der Waals surface area contributed by atoms with E-state index in [2.05, 4.69) is 15.8 Å². The number of carbonyl (C=O) groups is 1. The van der Waals surface area contributed by atoms with Crippen molar-refractivity contribution in [3.63, 3.8) is 0 Å². The molecule has 7 heteroatoms. The standard InChI is InChI=1S/C15H19N3O3.ClH/c19-15(17-7-5-11-3-1-6-16-10-11)12-9-14(21-18-12)13-4-2-8-20-13;/h2,4,8-9,11,16H,1,3,5-7,10H2,(H,17,19);1H. The summed E-state index contributed by atoms with van der Waals surface area (Å²) >= 11 is 0. The van der Waals surface area contributed by atoms with Gasteiger partial charge in [-0.2, -0.15) is 0 Å². The lowest BCUT2D eigenvalue weighted by Crippen LogP contribution is -2.33. The Morgan fingerprint density at radius 2 is 2.36 bits per heavy atom. The molecule has 1 amide bonds. The third kappa shape index (κ3) is 4.11. The Balaban J connectivity index is 0.00000176. The van der Waals surface area contributed by atoms with E-state index in [-0.39, 0.29) is 24.0 Å². The molecule has 1 saturated heterocycles. The topological polar surface area (TPSA) is 80.3 Å². The summed E-state index contributed by atoms with van der Waals surface area (Å²) in [7, 11) is 0. The van der Waals surface area contributed by atoms with Crippen LogP contribution in [0.25, 0.3) is 11.5 Å². The lowest BCUT2D eigenvalue weighted by molar-refractivity contribution is 0.0941. The number of nitrogens with zero attached hydrogens (tertiary/aromatic N) is 1. The molecule has 120 valence electrons. The molecule has 0 aliphatic carbocycles. The molecule has 1 fully saturated rings. The highest BCUT2D eigenvalue weighted by Gasteiger charge is 2.16. The highest BCUT2D eigenvalue weighted by atomic mass is 35.5. The minimum Gasteiger partial charge on any atom is -0.461 e. The minimum atomic E-state index is -0.208. The van der Waals surface area contributed by atoms with Gasteiger partial charge >= 0.3 is 0 Å². The maximum Gasteiger partial charge on any atom is 0.273 e. The molecule has 2 aromatic heterocycles. The molecule has 0 radical (unpaired) electrons. The van der Waals surface area contributed by atoms with Crippen LogP contribution < -0.4 is 10.6 Å². The van der Waals surface area contributed by atoms with Gasteiger partial charge in [-0.15, -0.1) is 12.4 Å². The van der Waals surface area contributed by atoms with E-state index < -0.39 is 0 Å². The molecule has 1 aliphatic rings. The van der Waals surface area contributed by atoms with Crippen molar-refractivity contribution in [2.24, 2.45) is 5.92 Å². The van der Waals surface area contributed by atoms with Crippen LogP contribution in [0.4, 0.5) is 0 Å². The first-order valence-electron chi connectivity index (χ1n) is 7.32. The van der Waals surface area contributed by atoms with Crippen LogP contribution in [0.5, 0.6) is 0 Å². The van der Waals surface area contributed by atoms with Crippen molar-refractivity contribution in [3.8, 4) is 11.5 Å². The number of aromatic nitrogens is 1. The Hall–Kier alpha value is -1.79. The zero-order valence-corrected chi connectivity index (χ0v) is 13.0. The summed E-state index contributed by atoms with van der Waals surface area (Å²) in [6.07, 6.45) is 4.99. The average Bonchev–Trinajstić information content (AvgIpc) is 3.19. The maximum atomic E-state index is 12.0. The monoisotopic (exact) mass is 325 g/mol. The van der Waals surface area contributed by atoms with Gasteiger partial charge in [0.1, 0.15) is 0 Å². The van der Waals surface area contributed by atoms with Crippen LogP contribution in [0.15, 0.2) is 33.4 Å². The zero-order chi connectivity index (χ0) is 14.5. The van der Waals surface area contributed by atoms with E-state index in [1.807, 2.05) is 0 Å². The third-order valence-corrected chi connectivity index (χ3v) is 3.74. The molecule has 0 spiro atoms. The SMILES string of the molecule is Cl.O=C(NCCC1CCCNC1)c1cc(-c2ccco2)on1. The molecule has 22 heavy (non-hydrogen) atoms. The summed E-state index contributed by atoms with van der Waals surface area (Å²) in [4.78, 5) is 12.0. The number of piperidine rings is 1. The van der Waals surface area contributed by atoms with Gasteiger partial charge in [0.2, 0.25) is 5.76 Å². The fraction of sp³-hybridized carbons (Fsp3) is 0.467. The molecule has 0 saturated carbocycles. The first-order valence-corrected chi connectivity index (χ1v) is 7.32. The Labute approximate surface area is 135 Å². The van der Waals surface area contributed by atoms with E-state index in [0.29, 0.717) is 24.0 Å². The fourth-order valence-corrected chi connectivity index (χ4v) is 2.57. The predicted octanol–water partition coefficient (Wildman–Crippen LogP) is 2.48. The number of hydrogen-bond acceptors (Lipinski definition) is 5. The van der Waals surface area contributed by atoms with E-state index in [0.717, 1.165) is 19.5 Å². The highest BCUT2D eigenvalue weighted by molar-refractivity contribution is 5.92. The number of hydrogen-bond donors (Lipinski definition) is 2. The van der Waals surface area contributed by atoms with E-state index in [9.17, 15) is 4.79 Å². The lowest BCUT2D eigenvalue weighted by Gasteiger charge is -2.22. The Kier molecular flexibility index (Phi) is 6.03. The van der Waals surface area contributed by atoms with Gasteiger partial charge in [-0.05, 0) is 50.4 Å². The number of carbonyl (C=O) groups excluding carboxylic acids is 1. The fourth-order valence-electron chi connectivity index (χ4n) is 2.57. The average molecular weight is 326 g/mol. The largest absolute Gasteiger partial charge is 0.461 e. The van der Waals surface area contributed by atoms with Crippen LogP contribution in [0, 0.1) is 5.92 Å². The van der Waals surface area contributed by atoms with Gasteiger partial charge in [-0.1, -0.05) is 5.16 Å². The third-order valence-electron chi connectivity index (χ3n) is 3.74. The second-order valence-electron chi connectivity index (χ2n) is 5.31. The summed E-state index contributed by atoms with van der Waals surface area (Å²) in [5.74, 6) is 1.46. The van der Waals surface area contributed by atoms with Crippen molar-refractivity contribution < 1.29 is 13.7 Å². The van der Waals surface area contributed by atoms with Gasteiger partial charge in [-0.25, -0.2) is 0 Å². The van der Waals surface area contributed by atoms with Gasteiger partial charge in [0.15, 0.2) is 11.5 Å². The molecule has 0 aromatic carbocycles. The number of amides is 1. The number of rotatable bonds is 5. The van der Waals surface area contributed by atoms with Crippen molar-refractivity contribution in [2.45, 2.75) is 19.3 Å². The van der Waals surface area contributed by atoms with Crippen molar-refractivity contribution in [1.29, 1.82) is 0 Å². The van der Waals surface area contributed by atoms with E-state index in [1.165, 1.54) is 12.8 Å². The number of halogens is 1. The van der Waals surface area contributed by atoms with Crippen LogP contribution in [0.3, 0.4) is 0 Å². The van der Waals surface area contributed by atoms with Crippen molar-refractivity contribution in [1.82, 2.24) is 15.8 Å². The molecule has 3 rings (SSSR count). The summed E-state index contributed by atoms with van der Waals surface area (Å²) < 4.78 is 10.3. The second-order valence-corrected chi connectivity index (χ2v) is 5.31. The minimum absolute atomic E-state index is 0. The molecule has 2 N–H and O–H groups in total. The smallest absolute Gasteiger partial charge is 0.273 e. The quantitative estimate of drug-likeness (QED) is 0.882. The number of furan rings is 1. The van der Waals surface area contributed by atoms with Gasteiger partial charge in [0, 0.05) is 12.6 Å². The van der Waals surface area contributed by atoms with E-state index >= 15 is 0 Å². The summed E-state index contributed by atoms with van der Waals surface area (Å²) in [5, 5.41) is 10.0. The Morgan fingerprint density at radius 1 is 1.45 bits per heavy atom. The molecular formula is C15H20ClN3O3. The molecular weight excluding hydrogens is 306 g/mol. The van der Waals surface area contributed by atoms with Gasteiger partial charge < -0.3 is 19.6 Å². The molecule has 1 atom stereocenters. The van der Waals surface area contributed by atoms with Gasteiger partial charge in [-0.3, -0.25) is 4.79 Å². The zero-order valence-electron chi connectivity index (χ0n) is 12.2. The molecule has 1 aliphatic heterocycles. The van der Waals surface area contributed by atoms with Crippen LogP contribution in [0.2, 0.25) is 0 Å². The van der Waals surface area contributed by atoms with Crippen molar-refractivity contribution in [2.75, 3.05) is 19.6 Å². The Bertz CT molecular complexity index is 577. The first-order chi connectivity index (χ1) is 10.3. The van der Waals surface area contributed by atoms with E-state index in [1.54, 1.807) is 24.5 Å². The summed E-state index contributed by atoms with van der Waals surface area (Å²) in [6, 6.07) is 5.12. The van der Waals surface area contributed by atoms with E-state index in [4.69, 9.17) is 8.94 Å². The van der Waals surface area contributed by atoms with Crippen LogP contribution in [-0.4, -0.2) is 30.7 Å². The van der Waals surface area contributed by atoms with Crippen LogP contribution in [-0.2, 0) is 0 Å². The number of nitrogens with one attached hydrogen (secondary N) is 2. The molecule has 1 unspecified atom stereocenters. The molecule has 3 heterocycles. The van der Waals surface area contributed by atoms with Gasteiger partial charge in [0.25, 0.3) is 5.91 Å². The summed E-state index contributed by atoms with van der Waals surface area (Å²) in [5.41, 5.74) is 0.281. The first kappa shape index (κ1) is 16.6. The van der Waals surface area contributed by atoms with Crippen molar-refractivity contribution in [3.05, 3.63) is 30.2 Å². The van der Waals surface area contributed by atoms with Crippen LogP contribution in [0.1, 0.15) is 29.8 Å². The summed E-state index contributed by atoms with van der Waals surface area (Å²) in [6.45, 7) is 2.81. The molecule has 6 nitrogen and oxygen atoms in total. The molecule has 0 bridgehead atoms.